The van der Waals surface area contributed by atoms with Crippen LogP contribution in [0.15, 0.2) is 0 Å². The van der Waals surface area contributed by atoms with Gasteiger partial charge in [-0.3, -0.25) is 0 Å². The fourth-order valence-corrected chi connectivity index (χ4v) is 0.840. The summed E-state index contributed by atoms with van der Waals surface area (Å²) in [6, 6.07) is 0. The van der Waals surface area contributed by atoms with Gasteiger partial charge in [0, 0.05) is 12.1 Å². The highest BCUT2D eigenvalue weighted by Gasteiger charge is 2.19. The van der Waals surface area contributed by atoms with Crippen LogP contribution >= 0.6 is 36.4 Å². The summed E-state index contributed by atoms with van der Waals surface area (Å²) in [4.78, 5) is 0. The lowest BCUT2D eigenvalue weighted by Crippen LogP contribution is -2.49. The van der Waals surface area contributed by atoms with Gasteiger partial charge in [0.15, 0.2) is 0 Å². The molecule has 1 N–H and O–H groups in total. The molecular formula is C6H15ClINO. The van der Waals surface area contributed by atoms with Gasteiger partial charge in [-0.25, -0.2) is 0 Å². The summed E-state index contributed by atoms with van der Waals surface area (Å²) in [5.41, 5.74) is 0.207. The molecule has 4 heteroatoms. The van der Waals surface area contributed by atoms with E-state index in [0.717, 1.165) is 19.8 Å². The van der Waals surface area contributed by atoms with Crippen molar-refractivity contribution in [1.29, 1.82) is 0 Å². The number of halogens is 2. The van der Waals surface area contributed by atoms with Crippen molar-refractivity contribution in [3.8, 4) is 0 Å². The summed E-state index contributed by atoms with van der Waals surface area (Å²) in [6.07, 6.45) is 0. The summed E-state index contributed by atoms with van der Waals surface area (Å²) in [5.74, 6) is 0. The Hall–Kier alpha value is 0.940. The predicted molar refractivity (Wildman–Crippen MR) is 55.6 cm³/mol. The second-order valence-electron chi connectivity index (χ2n) is 2.86. The molecule has 1 aliphatic heterocycles. The lowest BCUT2D eigenvalue weighted by molar-refractivity contribution is 0.0436. The Labute approximate surface area is 85.5 Å². The normalized spacial score (nSPS) is 22.2. The Bertz CT molecular complexity index is 81.8. The van der Waals surface area contributed by atoms with Crippen molar-refractivity contribution >= 4 is 36.4 Å². The van der Waals surface area contributed by atoms with Gasteiger partial charge in [0.25, 0.3) is 0 Å². The highest BCUT2D eigenvalue weighted by atomic mass is 127. The van der Waals surface area contributed by atoms with Crippen molar-refractivity contribution < 1.29 is 4.74 Å². The molecule has 1 aliphatic rings. The highest BCUT2D eigenvalue weighted by molar-refractivity contribution is 14.0. The van der Waals surface area contributed by atoms with Crippen LogP contribution in [0.4, 0.5) is 0 Å². The molecule has 1 heterocycles. The lowest BCUT2D eigenvalue weighted by Gasteiger charge is -2.30. The summed E-state index contributed by atoms with van der Waals surface area (Å²) < 4.78 is 5.22. The summed E-state index contributed by atoms with van der Waals surface area (Å²) in [6.45, 7) is 6.99. The number of nitrogens with one attached hydrogen (secondary N) is 1. The fourth-order valence-electron chi connectivity index (χ4n) is 0.840. The van der Waals surface area contributed by atoms with E-state index in [1.807, 2.05) is 0 Å². The Morgan fingerprint density at radius 3 is 2.20 bits per heavy atom. The van der Waals surface area contributed by atoms with Crippen LogP contribution in [-0.2, 0) is 4.74 Å². The van der Waals surface area contributed by atoms with Gasteiger partial charge in [0.2, 0.25) is 0 Å². The second kappa shape index (κ2) is 5.57. The zero-order chi connectivity index (χ0) is 6.04. The zero-order valence-electron chi connectivity index (χ0n) is 6.35. The molecule has 0 amide bonds. The number of hydrogen-bond donors (Lipinski definition) is 1. The van der Waals surface area contributed by atoms with Crippen molar-refractivity contribution in [3.63, 3.8) is 0 Å². The smallest absolute Gasteiger partial charge is 0.0643 e. The van der Waals surface area contributed by atoms with E-state index in [1.165, 1.54) is 0 Å². The minimum atomic E-state index is 0. The first-order valence-electron chi connectivity index (χ1n) is 3.03. The van der Waals surface area contributed by atoms with Gasteiger partial charge in [-0.05, 0) is 13.8 Å². The molecule has 1 rings (SSSR count). The molecule has 0 saturated carbocycles. The minimum absolute atomic E-state index is 0. The molecule has 0 aromatic heterocycles. The number of morpholine rings is 1. The molecule has 0 spiro atoms. The third-order valence-corrected chi connectivity index (χ3v) is 1.31. The third kappa shape index (κ3) is 4.71. The van der Waals surface area contributed by atoms with Crippen molar-refractivity contribution in [3.05, 3.63) is 0 Å². The molecule has 0 unspecified atom stereocenters. The highest BCUT2D eigenvalue weighted by Crippen LogP contribution is 2.04. The predicted octanol–water partition coefficient (Wildman–Crippen LogP) is 1.42. The molecule has 0 radical (unpaired) electrons. The van der Waals surface area contributed by atoms with Gasteiger partial charge in [0.1, 0.15) is 0 Å². The molecule has 0 aromatic carbocycles. The Morgan fingerprint density at radius 2 is 2.00 bits per heavy atom. The van der Waals surface area contributed by atoms with Crippen LogP contribution in [0.1, 0.15) is 13.8 Å². The lowest BCUT2D eigenvalue weighted by atomic mass is 10.1. The number of rotatable bonds is 0. The van der Waals surface area contributed by atoms with E-state index in [0.29, 0.717) is 0 Å². The molecule has 0 aromatic rings. The summed E-state index contributed by atoms with van der Waals surface area (Å²) >= 11 is 0. The van der Waals surface area contributed by atoms with E-state index in [2.05, 4.69) is 19.2 Å². The standard InChI is InChI=1S/C6H13NO.ClH.HI/c1-6(2)5-8-4-3-7-6;;/h7H,3-5H2,1-2H3;2*1H. The molecule has 1 saturated heterocycles. The largest absolute Gasteiger partial charge is 0.378 e. The van der Waals surface area contributed by atoms with Crippen LogP contribution < -0.4 is 5.32 Å². The second-order valence-corrected chi connectivity index (χ2v) is 2.86. The van der Waals surface area contributed by atoms with Crippen molar-refractivity contribution in [2.24, 2.45) is 0 Å². The number of ether oxygens (including phenoxy) is 1. The van der Waals surface area contributed by atoms with Crippen molar-refractivity contribution in [1.82, 2.24) is 5.32 Å². The number of hydrogen-bond acceptors (Lipinski definition) is 2. The van der Waals surface area contributed by atoms with Gasteiger partial charge in [0.05, 0.1) is 13.2 Å². The van der Waals surface area contributed by atoms with E-state index in [9.17, 15) is 0 Å². The maximum Gasteiger partial charge on any atom is 0.0643 e. The maximum absolute atomic E-state index is 5.22. The van der Waals surface area contributed by atoms with E-state index in [1.54, 1.807) is 0 Å². The van der Waals surface area contributed by atoms with E-state index >= 15 is 0 Å². The van der Waals surface area contributed by atoms with Gasteiger partial charge < -0.3 is 10.1 Å². The quantitative estimate of drug-likeness (QED) is 0.677. The van der Waals surface area contributed by atoms with E-state index < -0.39 is 0 Å². The molecule has 2 nitrogen and oxygen atoms in total. The Balaban J connectivity index is 0. The first-order chi connectivity index (χ1) is 3.71. The molecule has 10 heavy (non-hydrogen) atoms. The fraction of sp³-hybridized carbons (Fsp3) is 1.00. The molecule has 0 aliphatic carbocycles. The van der Waals surface area contributed by atoms with E-state index in [4.69, 9.17) is 4.74 Å². The average molecular weight is 280 g/mol. The SMILES string of the molecule is CC1(C)COCCN1.Cl.I. The van der Waals surface area contributed by atoms with Crippen LogP contribution in [0.3, 0.4) is 0 Å². The van der Waals surface area contributed by atoms with Crippen LogP contribution in [0.25, 0.3) is 0 Å². The zero-order valence-corrected chi connectivity index (χ0v) is 9.49. The molecule has 0 bridgehead atoms. The molecule has 64 valence electrons. The maximum atomic E-state index is 5.22. The molecular weight excluding hydrogens is 264 g/mol. The first kappa shape index (κ1) is 13.5. The first-order valence-corrected chi connectivity index (χ1v) is 3.03. The monoisotopic (exact) mass is 279 g/mol. The Kier molecular flexibility index (Phi) is 7.54. The topological polar surface area (TPSA) is 21.3 Å². The Morgan fingerprint density at radius 1 is 1.40 bits per heavy atom. The molecule has 1 fully saturated rings. The van der Waals surface area contributed by atoms with Crippen LogP contribution in [0.5, 0.6) is 0 Å². The van der Waals surface area contributed by atoms with Gasteiger partial charge >= 0.3 is 0 Å². The average Bonchev–Trinajstić information content (AvgIpc) is 1.65. The van der Waals surface area contributed by atoms with Crippen LogP contribution in [-0.4, -0.2) is 25.3 Å². The van der Waals surface area contributed by atoms with Gasteiger partial charge in [-0.15, -0.1) is 36.4 Å². The van der Waals surface area contributed by atoms with Crippen molar-refractivity contribution in [2.75, 3.05) is 19.8 Å². The molecule has 0 atom stereocenters. The van der Waals surface area contributed by atoms with Crippen LogP contribution in [0, 0.1) is 0 Å². The van der Waals surface area contributed by atoms with Gasteiger partial charge in [-0.1, -0.05) is 0 Å². The third-order valence-electron chi connectivity index (χ3n) is 1.31. The van der Waals surface area contributed by atoms with Crippen LogP contribution in [0.2, 0.25) is 0 Å². The summed E-state index contributed by atoms with van der Waals surface area (Å²) in [7, 11) is 0. The van der Waals surface area contributed by atoms with Crippen molar-refractivity contribution in [2.45, 2.75) is 19.4 Å². The van der Waals surface area contributed by atoms with E-state index in [-0.39, 0.29) is 41.9 Å². The van der Waals surface area contributed by atoms with Gasteiger partial charge in [-0.2, -0.15) is 0 Å². The summed E-state index contributed by atoms with van der Waals surface area (Å²) in [5, 5.41) is 3.33. The minimum Gasteiger partial charge on any atom is -0.378 e.